The molecule has 1 spiro atoms. The Balaban J connectivity index is 1.11. The lowest BCUT2D eigenvalue weighted by Crippen LogP contribution is -2.40. The van der Waals surface area contributed by atoms with Crippen molar-refractivity contribution in [1.29, 1.82) is 0 Å². The highest BCUT2D eigenvalue weighted by Crippen LogP contribution is 2.46. The first-order valence-electron chi connectivity index (χ1n) is 11.8. The number of anilines is 1. The summed E-state index contributed by atoms with van der Waals surface area (Å²) in [6.45, 7) is -0.968. The lowest BCUT2D eigenvalue weighted by Gasteiger charge is -2.31. The summed E-state index contributed by atoms with van der Waals surface area (Å²) >= 11 is 0. The van der Waals surface area contributed by atoms with E-state index in [1.807, 2.05) is 0 Å². The topological polar surface area (TPSA) is 111 Å². The predicted octanol–water partition coefficient (Wildman–Crippen LogP) is 2.78. The monoisotopic (exact) mass is 456 g/mol. The third-order valence-corrected chi connectivity index (χ3v) is 7.02. The summed E-state index contributed by atoms with van der Waals surface area (Å²) in [6, 6.07) is 5.15. The fourth-order valence-corrected chi connectivity index (χ4v) is 5.37. The molecule has 33 heavy (non-hydrogen) atoms. The minimum Gasteiger partial charge on any atom is -0.454 e. The largest absolute Gasteiger partial charge is 0.454 e. The highest BCUT2D eigenvalue weighted by atomic mass is 16.7. The molecular formula is C24H28N2O7. The van der Waals surface area contributed by atoms with Gasteiger partial charge in [0.1, 0.15) is 6.54 Å². The zero-order valence-corrected chi connectivity index (χ0v) is 18.5. The summed E-state index contributed by atoms with van der Waals surface area (Å²) in [7, 11) is 0. The Hall–Kier alpha value is -3.10. The quantitative estimate of drug-likeness (QED) is 0.536. The molecule has 0 aromatic heterocycles. The normalized spacial score (nSPS) is 25.2. The molecule has 9 nitrogen and oxygen atoms in total. The average molecular weight is 456 g/mol. The first kappa shape index (κ1) is 21.7. The van der Waals surface area contributed by atoms with Crippen molar-refractivity contribution in [3.63, 3.8) is 0 Å². The molecule has 9 heteroatoms. The Morgan fingerprint density at radius 2 is 1.64 bits per heavy atom. The van der Waals surface area contributed by atoms with E-state index in [-0.39, 0.29) is 23.7 Å². The van der Waals surface area contributed by atoms with Crippen LogP contribution in [0.15, 0.2) is 18.2 Å². The Morgan fingerprint density at radius 1 is 0.970 bits per heavy atom. The molecule has 176 valence electrons. The summed E-state index contributed by atoms with van der Waals surface area (Å²) in [6.07, 6.45) is 8.15. The minimum absolute atomic E-state index is 0.304. The second kappa shape index (κ2) is 8.68. The average Bonchev–Trinajstić information content (AvgIpc) is 3.28. The number of nitrogens with zero attached hydrogens (tertiary/aromatic N) is 1. The maximum Gasteiger partial charge on any atom is 0.326 e. The molecule has 2 saturated carbocycles. The molecule has 2 aliphatic carbocycles. The highest BCUT2D eigenvalue weighted by molar-refractivity contribution is 6.07. The molecule has 1 saturated heterocycles. The number of esters is 1. The lowest BCUT2D eigenvalue weighted by molar-refractivity contribution is -0.154. The van der Waals surface area contributed by atoms with Crippen LogP contribution in [0.4, 0.5) is 5.69 Å². The third-order valence-electron chi connectivity index (χ3n) is 7.02. The second-order valence-corrected chi connectivity index (χ2v) is 9.31. The molecule has 1 N–H and O–H groups in total. The Kier molecular flexibility index (Phi) is 5.72. The number of imide groups is 1. The molecule has 1 aromatic carbocycles. The zero-order valence-electron chi connectivity index (χ0n) is 18.5. The van der Waals surface area contributed by atoms with Crippen LogP contribution in [0.3, 0.4) is 0 Å². The van der Waals surface area contributed by atoms with Gasteiger partial charge in [-0.15, -0.1) is 0 Å². The minimum atomic E-state index is -0.782. The van der Waals surface area contributed by atoms with E-state index in [1.165, 1.54) is 6.42 Å². The van der Waals surface area contributed by atoms with Gasteiger partial charge < -0.3 is 19.5 Å². The van der Waals surface area contributed by atoms with E-state index in [2.05, 4.69) is 5.32 Å². The van der Waals surface area contributed by atoms with Gasteiger partial charge in [0.25, 0.3) is 11.7 Å². The standard InChI is InChI=1S/C24H28N2O7/c27-20(14-31-21(28)13-26-22(29)16-6-2-3-7-17(16)23(26)30)25-15-8-9-18-19(12-15)33-24(32-18)10-4-1-5-11-24/h8-9,12,16-17H,1-7,10-11,13-14H2,(H,25,27)/t16-,17-/m0/s1. The smallest absolute Gasteiger partial charge is 0.326 e. The van der Waals surface area contributed by atoms with Crippen LogP contribution in [0, 0.1) is 11.8 Å². The summed E-state index contributed by atoms with van der Waals surface area (Å²) in [5, 5.41) is 2.67. The Morgan fingerprint density at radius 3 is 2.33 bits per heavy atom. The van der Waals surface area contributed by atoms with E-state index in [9.17, 15) is 19.2 Å². The number of likely N-dealkylation sites (tertiary alicyclic amines) is 1. The number of fused-ring (bicyclic) bond motifs is 2. The highest BCUT2D eigenvalue weighted by Gasteiger charge is 2.48. The number of rotatable bonds is 5. The van der Waals surface area contributed by atoms with E-state index in [1.54, 1.807) is 18.2 Å². The molecule has 0 bridgehead atoms. The van der Waals surface area contributed by atoms with Crippen LogP contribution >= 0.6 is 0 Å². The van der Waals surface area contributed by atoms with E-state index in [0.717, 1.165) is 43.4 Å². The maximum absolute atomic E-state index is 12.5. The first-order chi connectivity index (χ1) is 15.9. The molecule has 2 aliphatic heterocycles. The SMILES string of the molecule is O=C(COC(=O)CN1C(=O)[C@H]2CCCC[C@@H]2C1=O)Nc1ccc2c(c1)OC1(CCCCC1)O2. The third kappa shape index (κ3) is 4.28. The zero-order chi connectivity index (χ0) is 23.0. The van der Waals surface area contributed by atoms with Gasteiger partial charge in [0.05, 0.1) is 11.8 Å². The van der Waals surface area contributed by atoms with Crippen molar-refractivity contribution < 1.29 is 33.4 Å². The van der Waals surface area contributed by atoms with Gasteiger partial charge in [-0.2, -0.15) is 0 Å². The maximum atomic E-state index is 12.5. The van der Waals surface area contributed by atoms with Crippen LogP contribution in [-0.2, 0) is 23.9 Å². The molecule has 0 radical (unpaired) electrons. The summed E-state index contributed by atoms with van der Waals surface area (Å²) in [4.78, 5) is 50.4. The van der Waals surface area contributed by atoms with Crippen molar-refractivity contribution in [3.8, 4) is 11.5 Å². The van der Waals surface area contributed by atoms with Crippen molar-refractivity contribution >= 4 is 29.4 Å². The van der Waals surface area contributed by atoms with E-state index < -0.39 is 30.8 Å². The predicted molar refractivity (Wildman–Crippen MR) is 115 cm³/mol. The Labute approximate surface area is 191 Å². The van der Waals surface area contributed by atoms with E-state index in [0.29, 0.717) is 30.0 Å². The van der Waals surface area contributed by atoms with Crippen LogP contribution in [-0.4, -0.2) is 47.5 Å². The number of hydrogen-bond acceptors (Lipinski definition) is 7. The van der Waals surface area contributed by atoms with Gasteiger partial charge in [0.2, 0.25) is 11.8 Å². The number of nitrogens with one attached hydrogen (secondary N) is 1. The van der Waals surface area contributed by atoms with Gasteiger partial charge in [-0.05, 0) is 37.8 Å². The molecule has 4 aliphatic rings. The molecule has 2 atom stereocenters. The molecule has 1 aromatic rings. The van der Waals surface area contributed by atoms with Gasteiger partial charge in [-0.3, -0.25) is 24.1 Å². The number of benzene rings is 1. The van der Waals surface area contributed by atoms with Crippen LogP contribution in [0.2, 0.25) is 0 Å². The van der Waals surface area contributed by atoms with Crippen molar-refractivity contribution in [2.45, 2.75) is 63.6 Å². The summed E-state index contributed by atoms with van der Waals surface area (Å²) in [5.41, 5.74) is 0.500. The van der Waals surface area contributed by atoms with Gasteiger partial charge in [-0.1, -0.05) is 19.3 Å². The molecule has 3 amide bonds. The van der Waals surface area contributed by atoms with Crippen molar-refractivity contribution in [3.05, 3.63) is 18.2 Å². The fraction of sp³-hybridized carbons (Fsp3) is 0.583. The van der Waals surface area contributed by atoms with Crippen molar-refractivity contribution in [2.24, 2.45) is 11.8 Å². The number of hydrogen-bond donors (Lipinski definition) is 1. The lowest BCUT2D eigenvalue weighted by atomic mass is 9.81. The second-order valence-electron chi connectivity index (χ2n) is 9.31. The van der Waals surface area contributed by atoms with Gasteiger partial charge in [-0.25, -0.2) is 0 Å². The first-order valence-corrected chi connectivity index (χ1v) is 11.8. The molecule has 0 unspecified atom stereocenters. The molecule has 5 rings (SSSR count). The number of ether oxygens (including phenoxy) is 3. The molecule has 2 heterocycles. The van der Waals surface area contributed by atoms with E-state index >= 15 is 0 Å². The number of carbonyl (C=O) groups is 4. The van der Waals surface area contributed by atoms with Crippen molar-refractivity contribution in [2.75, 3.05) is 18.5 Å². The van der Waals surface area contributed by atoms with Crippen LogP contribution in [0.5, 0.6) is 11.5 Å². The Bertz CT molecular complexity index is 961. The van der Waals surface area contributed by atoms with Gasteiger partial charge in [0, 0.05) is 24.6 Å². The fourth-order valence-electron chi connectivity index (χ4n) is 5.37. The molecule has 3 fully saturated rings. The van der Waals surface area contributed by atoms with Crippen LogP contribution in [0.1, 0.15) is 57.8 Å². The summed E-state index contributed by atoms with van der Waals surface area (Å²) in [5.74, 6) is -1.91. The number of carbonyl (C=O) groups excluding carboxylic acids is 4. The van der Waals surface area contributed by atoms with Crippen LogP contribution < -0.4 is 14.8 Å². The van der Waals surface area contributed by atoms with E-state index in [4.69, 9.17) is 14.2 Å². The van der Waals surface area contributed by atoms with Gasteiger partial charge in [0.15, 0.2) is 18.1 Å². The van der Waals surface area contributed by atoms with Crippen molar-refractivity contribution in [1.82, 2.24) is 4.90 Å². The van der Waals surface area contributed by atoms with Crippen LogP contribution in [0.25, 0.3) is 0 Å². The molecular weight excluding hydrogens is 428 g/mol. The summed E-state index contributed by atoms with van der Waals surface area (Å²) < 4.78 is 17.1. The van der Waals surface area contributed by atoms with Gasteiger partial charge >= 0.3 is 5.97 Å². The number of amides is 3.